The fraction of sp³-hybridized carbons (Fsp3) is 0.250. The maximum absolute atomic E-state index is 13.3. The molecule has 4 rings (SSSR count). The largest absolute Gasteiger partial charge is 0.496 e. The van der Waals surface area contributed by atoms with Crippen LogP contribution < -0.4 is 20.2 Å². The molecular formula is C20H20BrN5O3S. The molecule has 0 bridgehead atoms. The number of halogens is 1. The van der Waals surface area contributed by atoms with Gasteiger partial charge >= 0.3 is 0 Å². The molecule has 0 saturated heterocycles. The predicted molar refractivity (Wildman–Crippen MR) is 119 cm³/mol. The van der Waals surface area contributed by atoms with Gasteiger partial charge in [-0.05, 0) is 52.7 Å². The molecule has 2 aromatic carbocycles. The number of aromatic nitrogens is 3. The Kier molecular flexibility index (Phi) is 5.87. The Hall–Kier alpha value is -2.72. The van der Waals surface area contributed by atoms with Crippen LogP contribution in [0.4, 0.5) is 5.69 Å². The lowest BCUT2D eigenvalue weighted by Crippen LogP contribution is -2.41. The van der Waals surface area contributed by atoms with Crippen molar-refractivity contribution in [3.05, 3.63) is 58.3 Å². The average molecular weight is 490 g/mol. The third-order valence-electron chi connectivity index (χ3n) is 4.76. The monoisotopic (exact) mass is 489 g/mol. The van der Waals surface area contributed by atoms with Crippen LogP contribution >= 0.6 is 27.7 Å². The summed E-state index contributed by atoms with van der Waals surface area (Å²) in [5.41, 5.74) is 4.93. The Morgan fingerprint density at radius 3 is 2.67 bits per heavy atom. The average Bonchev–Trinajstić information content (AvgIpc) is 3.13. The Morgan fingerprint density at radius 1 is 1.17 bits per heavy atom. The van der Waals surface area contributed by atoms with E-state index >= 15 is 0 Å². The second-order valence-electron chi connectivity index (χ2n) is 6.59. The third-order valence-corrected chi connectivity index (χ3v) is 6.59. The van der Waals surface area contributed by atoms with Crippen molar-refractivity contribution in [2.24, 2.45) is 0 Å². The van der Waals surface area contributed by atoms with E-state index in [1.807, 2.05) is 43.3 Å². The third kappa shape index (κ3) is 3.84. The van der Waals surface area contributed by atoms with Gasteiger partial charge in [-0.3, -0.25) is 4.79 Å². The van der Waals surface area contributed by atoms with Gasteiger partial charge in [-0.1, -0.05) is 30.0 Å². The van der Waals surface area contributed by atoms with E-state index < -0.39 is 5.25 Å². The van der Waals surface area contributed by atoms with Crippen LogP contribution in [0.2, 0.25) is 0 Å². The summed E-state index contributed by atoms with van der Waals surface area (Å²) in [5, 5.41) is 11.4. The minimum Gasteiger partial charge on any atom is -0.496 e. The van der Waals surface area contributed by atoms with Crippen molar-refractivity contribution in [1.82, 2.24) is 14.9 Å². The number of hydrogen-bond acceptors (Lipinski definition) is 7. The number of fused-ring (bicyclic) bond motifs is 1. The summed E-state index contributed by atoms with van der Waals surface area (Å²) in [4.78, 5) is 13.3. The molecule has 1 aromatic heterocycles. The number of rotatable bonds is 5. The first-order valence-electron chi connectivity index (χ1n) is 9.14. The van der Waals surface area contributed by atoms with Crippen LogP contribution in [0.3, 0.4) is 0 Å². The maximum atomic E-state index is 13.3. The van der Waals surface area contributed by atoms with Gasteiger partial charge in [0.1, 0.15) is 22.6 Å². The highest BCUT2D eigenvalue weighted by molar-refractivity contribution is 9.10. The van der Waals surface area contributed by atoms with Gasteiger partial charge in [-0.15, -0.1) is 10.2 Å². The molecule has 2 N–H and O–H groups in total. The number of thioether (sulfide) groups is 1. The molecule has 0 spiro atoms. The number of anilines is 1. The van der Waals surface area contributed by atoms with Crippen molar-refractivity contribution in [3.63, 3.8) is 0 Å². The highest BCUT2D eigenvalue weighted by Crippen LogP contribution is 2.39. The molecule has 2 atom stereocenters. The molecule has 0 aliphatic carbocycles. The molecule has 0 saturated carbocycles. The molecule has 8 nitrogen and oxygen atoms in total. The van der Waals surface area contributed by atoms with Crippen LogP contribution in [0, 0.1) is 6.92 Å². The summed E-state index contributed by atoms with van der Waals surface area (Å²) < 4.78 is 13.3. The number of amides is 1. The Morgan fingerprint density at radius 2 is 1.93 bits per heavy atom. The number of ether oxygens (including phenoxy) is 2. The lowest BCUT2D eigenvalue weighted by atomic mass is 10.0. The van der Waals surface area contributed by atoms with E-state index in [1.54, 1.807) is 25.0 Å². The van der Waals surface area contributed by atoms with Crippen LogP contribution in [0.1, 0.15) is 17.4 Å². The number of carbonyl (C=O) groups excluding carboxylic acids is 1. The number of aryl methyl sites for hydroxylation is 1. The molecular weight excluding hydrogens is 470 g/mol. The first kappa shape index (κ1) is 20.5. The predicted octanol–water partition coefficient (Wildman–Crippen LogP) is 3.76. The van der Waals surface area contributed by atoms with Crippen LogP contribution in [0.25, 0.3) is 0 Å². The van der Waals surface area contributed by atoms with E-state index in [2.05, 4.69) is 36.9 Å². The van der Waals surface area contributed by atoms with Crippen molar-refractivity contribution >= 4 is 39.3 Å². The van der Waals surface area contributed by atoms with E-state index in [-0.39, 0.29) is 11.9 Å². The topological polar surface area (TPSA) is 90.3 Å². The molecule has 0 unspecified atom stereocenters. The van der Waals surface area contributed by atoms with Crippen molar-refractivity contribution in [2.45, 2.75) is 23.4 Å². The SMILES string of the molecule is COc1ccc([C@H]2Nn3c(C)nnc3S[C@@H]2C(=O)Nc2ccccc2OC)cc1Br. The number of methoxy groups -OCH3 is 2. The Bertz CT molecular complexity index is 1090. The van der Waals surface area contributed by atoms with E-state index in [9.17, 15) is 4.79 Å². The smallest absolute Gasteiger partial charge is 0.240 e. The van der Waals surface area contributed by atoms with Crippen molar-refractivity contribution < 1.29 is 14.3 Å². The van der Waals surface area contributed by atoms with Crippen molar-refractivity contribution in [1.29, 1.82) is 0 Å². The zero-order valence-corrected chi connectivity index (χ0v) is 19.0. The lowest BCUT2D eigenvalue weighted by molar-refractivity contribution is -0.116. The van der Waals surface area contributed by atoms with E-state index in [4.69, 9.17) is 9.47 Å². The molecule has 1 aliphatic heterocycles. The fourth-order valence-corrected chi connectivity index (χ4v) is 4.92. The molecule has 30 heavy (non-hydrogen) atoms. The van der Waals surface area contributed by atoms with E-state index in [1.165, 1.54) is 11.8 Å². The summed E-state index contributed by atoms with van der Waals surface area (Å²) in [6, 6.07) is 12.8. The minimum absolute atomic E-state index is 0.166. The zero-order chi connectivity index (χ0) is 21.3. The summed E-state index contributed by atoms with van der Waals surface area (Å²) >= 11 is 4.90. The second kappa shape index (κ2) is 8.57. The van der Waals surface area contributed by atoms with Gasteiger partial charge in [0, 0.05) is 0 Å². The minimum atomic E-state index is -0.494. The summed E-state index contributed by atoms with van der Waals surface area (Å²) in [6.07, 6.45) is 0. The highest BCUT2D eigenvalue weighted by atomic mass is 79.9. The summed E-state index contributed by atoms with van der Waals surface area (Å²) in [5.74, 6) is 1.88. The van der Waals surface area contributed by atoms with Gasteiger partial charge in [0.25, 0.3) is 0 Å². The normalized spacial score (nSPS) is 17.6. The molecule has 0 radical (unpaired) electrons. The number of nitrogens with one attached hydrogen (secondary N) is 2. The highest BCUT2D eigenvalue weighted by Gasteiger charge is 2.38. The van der Waals surface area contributed by atoms with E-state index in [0.717, 1.165) is 21.6 Å². The van der Waals surface area contributed by atoms with E-state index in [0.29, 0.717) is 16.6 Å². The first-order valence-corrected chi connectivity index (χ1v) is 10.8. The molecule has 2 heterocycles. The van der Waals surface area contributed by atoms with Gasteiger partial charge in [0.2, 0.25) is 11.1 Å². The second-order valence-corrected chi connectivity index (χ2v) is 8.56. The Labute approximate surface area is 186 Å². The zero-order valence-electron chi connectivity index (χ0n) is 16.5. The van der Waals surface area contributed by atoms with Crippen molar-refractivity contribution in [2.75, 3.05) is 25.0 Å². The maximum Gasteiger partial charge on any atom is 0.240 e. The fourth-order valence-electron chi connectivity index (χ4n) is 3.24. The van der Waals surface area contributed by atoms with Gasteiger partial charge in [-0.2, -0.15) is 0 Å². The van der Waals surface area contributed by atoms with Gasteiger partial charge in [0.15, 0.2) is 0 Å². The van der Waals surface area contributed by atoms with Crippen LogP contribution in [0.15, 0.2) is 52.1 Å². The molecule has 1 aliphatic rings. The van der Waals surface area contributed by atoms with Crippen LogP contribution in [-0.2, 0) is 4.79 Å². The molecule has 0 fully saturated rings. The molecule has 156 valence electrons. The number of hydrogen-bond donors (Lipinski definition) is 2. The van der Waals surface area contributed by atoms with Gasteiger partial charge in [-0.25, -0.2) is 4.68 Å². The molecule has 1 amide bonds. The van der Waals surface area contributed by atoms with Gasteiger partial charge in [0.05, 0.1) is 30.4 Å². The van der Waals surface area contributed by atoms with Crippen molar-refractivity contribution in [3.8, 4) is 11.5 Å². The first-order chi connectivity index (χ1) is 14.5. The number of carbonyl (C=O) groups is 1. The molecule has 10 heteroatoms. The Balaban J connectivity index is 1.69. The number of para-hydroxylation sites is 2. The standard InChI is InChI=1S/C20H20BrN5O3S/c1-11-23-24-20-26(11)25-17(12-8-9-15(28-2)13(21)10-12)18(30-20)19(27)22-14-6-4-5-7-16(14)29-3/h4-10,17-18,25H,1-3H3,(H,22,27)/t17-,18+/m1/s1. The summed E-state index contributed by atoms with van der Waals surface area (Å²) in [6.45, 7) is 1.86. The van der Waals surface area contributed by atoms with Crippen LogP contribution in [0.5, 0.6) is 11.5 Å². The number of benzene rings is 2. The van der Waals surface area contributed by atoms with Gasteiger partial charge < -0.3 is 20.2 Å². The number of nitrogens with zero attached hydrogens (tertiary/aromatic N) is 3. The lowest BCUT2D eigenvalue weighted by Gasteiger charge is -2.33. The quantitative estimate of drug-likeness (QED) is 0.563. The van der Waals surface area contributed by atoms with Crippen LogP contribution in [-0.4, -0.2) is 40.3 Å². The molecule has 3 aromatic rings. The summed E-state index contributed by atoms with van der Waals surface area (Å²) in [7, 11) is 3.19.